The molecule has 0 amide bonds. The average Bonchev–Trinajstić information content (AvgIpc) is 2.80. The van der Waals surface area contributed by atoms with Gasteiger partial charge in [-0.05, 0) is 6.42 Å². The van der Waals surface area contributed by atoms with Crippen LogP contribution in [0.4, 0.5) is 0 Å². The summed E-state index contributed by atoms with van der Waals surface area (Å²) in [6, 6.07) is 0. The zero-order valence-corrected chi connectivity index (χ0v) is 21.6. The molecule has 0 aromatic carbocycles. The van der Waals surface area contributed by atoms with Crippen LogP contribution >= 0.6 is 0 Å². The summed E-state index contributed by atoms with van der Waals surface area (Å²) in [5.74, 6) is -0.0893. The highest BCUT2D eigenvalue weighted by atomic mass is 16.5. The third-order valence-electron chi connectivity index (χ3n) is 6.31. The summed E-state index contributed by atoms with van der Waals surface area (Å²) >= 11 is 0. The topological polar surface area (TPSA) is 58.6 Å². The van der Waals surface area contributed by atoms with Crippen LogP contribution in [0.2, 0.25) is 0 Å². The molecule has 0 aliphatic rings. The maximum absolute atomic E-state index is 11.6. The minimum Gasteiger partial charge on any atom is -0.464 e. The first-order valence-electron chi connectivity index (χ1n) is 14.3. The summed E-state index contributed by atoms with van der Waals surface area (Å²) in [5.41, 5.74) is 0. The molecule has 4 heteroatoms. The van der Waals surface area contributed by atoms with Gasteiger partial charge in [-0.2, -0.15) is 0 Å². The number of rotatable bonds is 27. The van der Waals surface area contributed by atoms with E-state index in [9.17, 15) is 4.79 Å². The Morgan fingerprint density at radius 1 is 0.594 bits per heavy atom. The van der Waals surface area contributed by atoms with Gasteiger partial charge in [-0.15, -0.1) is 0 Å². The smallest absolute Gasteiger partial charge is 0.305 e. The van der Waals surface area contributed by atoms with Gasteiger partial charge in [0.25, 0.3) is 0 Å². The van der Waals surface area contributed by atoms with Crippen LogP contribution in [0.15, 0.2) is 0 Å². The summed E-state index contributed by atoms with van der Waals surface area (Å²) in [6.45, 7) is 3.98. The predicted octanol–water partition coefficient (Wildman–Crippen LogP) is 7.71. The van der Waals surface area contributed by atoms with E-state index >= 15 is 0 Å². The Hall–Kier alpha value is -0.610. The van der Waals surface area contributed by atoms with E-state index in [1.54, 1.807) is 0 Å². The summed E-state index contributed by atoms with van der Waals surface area (Å²) in [7, 11) is 0. The average molecular weight is 456 g/mol. The molecule has 0 unspecified atom stereocenters. The highest BCUT2D eigenvalue weighted by molar-refractivity contribution is 5.69. The van der Waals surface area contributed by atoms with Crippen LogP contribution in [0, 0.1) is 0 Å². The lowest BCUT2D eigenvalue weighted by molar-refractivity contribution is -0.143. The molecule has 0 spiro atoms. The van der Waals surface area contributed by atoms with Crippen molar-refractivity contribution >= 4 is 5.97 Å². The molecular formula is C28H57NO3. The van der Waals surface area contributed by atoms with E-state index in [-0.39, 0.29) is 12.6 Å². The Labute approximate surface area is 200 Å². The van der Waals surface area contributed by atoms with E-state index in [4.69, 9.17) is 9.84 Å². The first-order chi connectivity index (χ1) is 15.8. The Morgan fingerprint density at radius 3 is 1.34 bits per heavy atom. The molecule has 0 atom stereocenters. The Bertz CT molecular complexity index is 363. The van der Waals surface area contributed by atoms with Gasteiger partial charge in [0.05, 0.1) is 6.61 Å². The fraction of sp³-hybridized carbons (Fsp3) is 0.964. The van der Waals surface area contributed by atoms with E-state index in [1.165, 1.54) is 122 Å². The summed E-state index contributed by atoms with van der Waals surface area (Å²) in [5, 5.41) is 11.6. The van der Waals surface area contributed by atoms with Crippen LogP contribution in [0.3, 0.4) is 0 Å². The van der Waals surface area contributed by atoms with Crippen LogP contribution in [0.5, 0.6) is 0 Å². The van der Waals surface area contributed by atoms with Gasteiger partial charge in [0.2, 0.25) is 0 Å². The van der Waals surface area contributed by atoms with Crippen molar-refractivity contribution in [1.29, 1.82) is 0 Å². The lowest BCUT2D eigenvalue weighted by atomic mass is 10.0. The summed E-state index contributed by atoms with van der Waals surface area (Å²) in [4.78, 5) is 11.6. The zero-order valence-electron chi connectivity index (χ0n) is 21.6. The van der Waals surface area contributed by atoms with E-state index in [2.05, 4.69) is 12.2 Å². The minimum atomic E-state index is -0.0893. The van der Waals surface area contributed by atoms with Crippen molar-refractivity contribution in [3.63, 3.8) is 0 Å². The third kappa shape index (κ3) is 27.4. The molecule has 192 valence electrons. The van der Waals surface area contributed by atoms with E-state index in [1.807, 2.05) is 0 Å². The van der Waals surface area contributed by atoms with Crippen molar-refractivity contribution < 1.29 is 14.6 Å². The summed E-state index contributed by atoms with van der Waals surface area (Å²) in [6.07, 6.45) is 29.4. The van der Waals surface area contributed by atoms with Gasteiger partial charge in [-0.25, -0.2) is 0 Å². The molecule has 0 radical (unpaired) electrons. The molecular weight excluding hydrogens is 398 g/mol. The van der Waals surface area contributed by atoms with Crippen molar-refractivity contribution in [3.05, 3.63) is 0 Å². The molecule has 0 aliphatic heterocycles. The van der Waals surface area contributed by atoms with Gasteiger partial charge < -0.3 is 15.2 Å². The number of carbonyl (C=O) groups is 1. The van der Waals surface area contributed by atoms with Crippen LogP contribution < -0.4 is 5.32 Å². The first kappa shape index (κ1) is 31.4. The van der Waals surface area contributed by atoms with Gasteiger partial charge in [-0.3, -0.25) is 4.79 Å². The van der Waals surface area contributed by atoms with Crippen molar-refractivity contribution in [1.82, 2.24) is 5.32 Å². The highest BCUT2D eigenvalue weighted by Gasteiger charge is 2.02. The van der Waals surface area contributed by atoms with Crippen molar-refractivity contribution in [2.24, 2.45) is 0 Å². The molecule has 0 rings (SSSR count). The maximum atomic E-state index is 11.6. The van der Waals surface area contributed by atoms with Gasteiger partial charge >= 0.3 is 5.97 Å². The molecule has 0 bridgehead atoms. The number of ether oxygens (including phenoxy) is 1. The normalized spacial score (nSPS) is 11.2. The van der Waals surface area contributed by atoms with Crippen molar-refractivity contribution in [2.45, 2.75) is 148 Å². The van der Waals surface area contributed by atoms with E-state index in [0.717, 1.165) is 12.8 Å². The number of aliphatic hydroxyl groups is 1. The maximum Gasteiger partial charge on any atom is 0.305 e. The number of nitrogens with one attached hydrogen (secondary N) is 1. The number of esters is 1. The standard InChI is InChI=1S/C28H57NO3/c1-2-3-4-5-6-7-8-9-10-11-12-13-14-15-16-17-18-19-20-21-22-23-28(31)32-27-25-29-24-26-30/h29-30H,2-27H2,1H3. The van der Waals surface area contributed by atoms with Crippen LogP contribution in [-0.2, 0) is 9.53 Å². The molecule has 32 heavy (non-hydrogen) atoms. The first-order valence-corrected chi connectivity index (χ1v) is 14.3. The monoisotopic (exact) mass is 455 g/mol. The number of hydrogen-bond donors (Lipinski definition) is 2. The van der Waals surface area contributed by atoms with Crippen LogP contribution in [-0.4, -0.2) is 37.4 Å². The lowest BCUT2D eigenvalue weighted by Crippen LogP contribution is -2.24. The van der Waals surface area contributed by atoms with E-state index in [0.29, 0.717) is 26.1 Å². The minimum absolute atomic E-state index is 0.0893. The number of carbonyl (C=O) groups excluding carboxylic acids is 1. The molecule has 2 N–H and O–H groups in total. The third-order valence-corrected chi connectivity index (χ3v) is 6.31. The molecule has 0 aliphatic carbocycles. The van der Waals surface area contributed by atoms with Crippen LogP contribution in [0.25, 0.3) is 0 Å². The molecule has 0 aromatic rings. The van der Waals surface area contributed by atoms with Gasteiger partial charge in [0, 0.05) is 19.5 Å². The van der Waals surface area contributed by atoms with Gasteiger partial charge in [0.15, 0.2) is 0 Å². The molecule has 0 aromatic heterocycles. The molecule has 0 saturated heterocycles. The molecule has 4 nitrogen and oxygen atoms in total. The fourth-order valence-electron chi connectivity index (χ4n) is 4.21. The lowest BCUT2D eigenvalue weighted by Gasteiger charge is -2.06. The van der Waals surface area contributed by atoms with Crippen molar-refractivity contribution in [2.75, 3.05) is 26.3 Å². The Morgan fingerprint density at radius 2 is 0.969 bits per heavy atom. The van der Waals surface area contributed by atoms with Gasteiger partial charge in [0.1, 0.15) is 6.61 Å². The highest BCUT2D eigenvalue weighted by Crippen LogP contribution is 2.15. The predicted molar refractivity (Wildman–Crippen MR) is 138 cm³/mol. The Kier molecular flexibility index (Phi) is 27.9. The number of aliphatic hydroxyl groups excluding tert-OH is 1. The zero-order chi connectivity index (χ0) is 23.4. The second-order valence-corrected chi connectivity index (χ2v) is 9.52. The van der Waals surface area contributed by atoms with Gasteiger partial charge in [-0.1, -0.05) is 135 Å². The largest absolute Gasteiger partial charge is 0.464 e. The Balaban J connectivity index is 3.08. The molecule has 0 fully saturated rings. The second-order valence-electron chi connectivity index (χ2n) is 9.52. The SMILES string of the molecule is CCCCCCCCCCCCCCCCCCCCCCCC(=O)OCCNCCO. The van der Waals surface area contributed by atoms with Crippen molar-refractivity contribution in [3.8, 4) is 0 Å². The van der Waals surface area contributed by atoms with E-state index < -0.39 is 0 Å². The molecule has 0 heterocycles. The quantitative estimate of drug-likeness (QED) is 0.0983. The number of unbranched alkanes of at least 4 members (excludes halogenated alkanes) is 20. The second kappa shape index (κ2) is 28.4. The van der Waals surface area contributed by atoms with Crippen LogP contribution in [0.1, 0.15) is 148 Å². The fourth-order valence-corrected chi connectivity index (χ4v) is 4.21. The molecule has 0 saturated carbocycles. The number of hydrogen-bond acceptors (Lipinski definition) is 4. The summed E-state index contributed by atoms with van der Waals surface area (Å²) < 4.78 is 5.15.